The van der Waals surface area contributed by atoms with Gasteiger partial charge in [0.15, 0.2) is 5.82 Å². The van der Waals surface area contributed by atoms with Gasteiger partial charge in [-0.2, -0.15) is 0 Å². The van der Waals surface area contributed by atoms with E-state index in [1.54, 1.807) is 27.7 Å². The molecule has 4 nitrogen and oxygen atoms in total. The van der Waals surface area contributed by atoms with Crippen LogP contribution in [0.4, 0.5) is 14.9 Å². The number of anilines is 1. The second kappa shape index (κ2) is 5.00. The zero-order valence-electron chi connectivity index (χ0n) is 10.1. The van der Waals surface area contributed by atoms with Crippen LogP contribution in [0.25, 0.3) is 0 Å². The first kappa shape index (κ1) is 13.9. The van der Waals surface area contributed by atoms with Gasteiger partial charge in [0, 0.05) is 6.07 Å². The van der Waals surface area contributed by atoms with Gasteiger partial charge < -0.3 is 4.74 Å². The number of ether oxygens (including phenoxy) is 1. The molecule has 0 aliphatic heterocycles. The molecule has 94 valence electrons. The topological polar surface area (TPSA) is 51.2 Å². The normalized spacial score (nSPS) is 11.2. The van der Waals surface area contributed by atoms with Crippen molar-refractivity contribution in [1.82, 2.24) is 4.98 Å². The summed E-state index contributed by atoms with van der Waals surface area (Å²) in [6.45, 7) is 6.91. The van der Waals surface area contributed by atoms with Crippen molar-refractivity contribution in [3.8, 4) is 0 Å². The molecule has 0 radical (unpaired) electrons. The molecule has 0 saturated heterocycles. The Labute approximate surface area is 108 Å². The van der Waals surface area contributed by atoms with Gasteiger partial charge in [-0.3, -0.25) is 5.32 Å². The molecule has 6 heteroatoms. The van der Waals surface area contributed by atoms with E-state index in [-0.39, 0.29) is 4.60 Å². The molecule has 1 aromatic rings. The Morgan fingerprint density at radius 1 is 1.53 bits per heavy atom. The molecule has 17 heavy (non-hydrogen) atoms. The predicted molar refractivity (Wildman–Crippen MR) is 66.5 cm³/mol. The molecule has 0 aliphatic carbocycles. The van der Waals surface area contributed by atoms with Crippen LogP contribution in [-0.2, 0) is 4.74 Å². The van der Waals surface area contributed by atoms with Gasteiger partial charge in [-0.25, -0.2) is 14.2 Å². The Balaban J connectivity index is 2.82. The van der Waals surface area contributed by atoms with Crippen LogP contribution in [0, 0.1) is 12.7 Å². The first-order valence-corrected chi connectivity index (χ1v) is 5.81. The Morgan fingerprint density at radius 3 is 2.65 bits per heavy atom. The predicted octanol–water partition coefficient (Wildman–Crippen LogP) is 3.64. The lowest BCUT2D eigenvalue weighted by atomic mass is 10.2. The van der Waals surface area contributed by atoms with Crippen LogP contribution in [0.5, 0.6) is 0 Å². The largest absolute Gasteiger partial charge is 0.444 e. The van der Waals surface area contributed by atoms with E-state index in [2.05, 4.69) is 26.2 Å². The molecular formula is C11H14BrFN2O2. The number of pyridine rings is 1. The maximum atomic E-state index is 13.2. The Kier molecular flexibility index (Phi) is 4.08. The van der Waals surface area contributed by atoms with Crippen LogP contribution < -0.4 is 5.32 Å². The van der Waals surface area contributed by atoms with Gasteiger partial charge in [0.1, 0.15) is 10.2 Å². The molecule has 1 N–H and O–H groups in total. The van der Waals surface area contributed by atoms with Crippen molar-refractivity contribution >= 4 is 27.7 Å². The number of rotatable bonds is 1. The lowest BCUT2D eigenvalue weighted by Gasteiger charge is -2.20. The maximum Gasteiger partial charge on any atom is 0.412 e. The molecule has 0 fully saturated rings. The van der Waals surface area contributed by atoms with E-state index in [0.717, 1.165) is 0 Å². The zero-order valence-corrected chi connectivity index (χ0v) is 11.7. The molecule has 1 amide bonds. The number of carbonyl (C=O) groups excluding carboxylic acids is 1. The molecule has 0 aliphatic rings. The van der Waals surface area contributed by atoms with Crippen molar-refractivity contribution in [2.75, 3.05) is 5.32 Å². The molecular weight excluding hydrogens is 291 g/mol. The summed E-state index contributed by atoms with van der Waals surface area (Å²) in [4.78, 5) is 15.4. The van der Waals surface area contributed by atoms with E-state index in [1.165, 1.54) is 6.07 Å². The fraction of sp³-hybridized carbons (Fsp3) is 0.455. The maximum absolute atomic E-state index is 13.2. The average Bonchev–Trinajstić information content (AvgIpc) is 2.11. The van der Waals surface area contributed by atoms with Gasteiger partial charge in [0.2, 0.25) is 0 Å². The van der Waals surface area contributed by atoms with Crippen LogP contribution in [0.15, 0.2) is 10.7 Å². The van der Waals surface area contributed by atoms with Crippen molar-refractivity contribution in [1.29, 1.82) is 0 Å². The smallest absolute Gasteiger partial charge is 0.412 e. The van der Waals surface area contributed by atoms with Gasteiger partial charge >= 0.3 is 6.09 Å². The second-order valence-electron chi connectivity index (χ2n) is 4.52. The zero-order chi connectivity index (χ0) is 13.2. The number of hydrogen-bond acceptors (Lipinski definition) is 3. The van der Waals surface area contributed by atoms with Crippen molar-refractivity contribution in [2.45, 2.75) is 33.3 Å². The molecule has 1 rings (SSSR count). The van der Waals surface area contributed by atoms with Gasteiger partial charge in [-0.15, -0.1) is 0 Å². The molecule has 0 atom stereocenters. The van der Waals surface area contributed by atoms with Crippen LogP contribution in [0.1, 0.15) is 26.5 Å². The fourth-order valence-electron chi connectivity index (χ4n) is 1.09. The standard InChI is InChI=1S/C11H14BrFN2O2/c1-6-8(5-7(13)9(12)14-6)15-10(16)17-11(2,3)4/h5H,1-4H3,(H,15,16). The Morgan fingerprint density at radius 2 is 2.12 bits per heavy atom. The molecule has 1 heterocycles. The van der Waals surface area contributed by atoms with Crippen LogP contribution in [0.2, 0.25) is 0 Å². The summed E-state index contributed by atoms with van der Waals surface area (Å²) in [6.07, 6.45) is -0.635. The summed E-state index contributed by atoms with van der Waals surface area (Å²) in [7, 11) is 0. The molecule has 0 bridgehead atoms. The highest BCUT2D eigenvalue weighted by Crippen LogP contribution is 2.21. The molecule has 0 saturated carbocycles. The number of hydrogen-bond donors (Lipinski definition) is 1. The summed E-state index contributed by atoms with van der Waals surface area (Å²) in [6, 6.07) is 1.19. The minimum absolute atomic E-state index is 0.115. The van der Waals surface area contributed by atoms with E-state index < -0.39 is 17.5 Å². The highest BCUT2D eigenvalue weighted by molar-refractivity contribution is 9.10. The monoisotopic (exact) mass is 304 g/mol. The highest BCUT2D eigenvalue weighted by Gasteiger charge is 2.17. The third-order valence-corrected chi connectivity index (χ3v) is 2.32. The van der Waals surface area contributed by atoms with Gasteiger partial charge in [-0.1, -0.05) is 0 Å². The quantitative estimate of drug-likeness (QED) is 0.806. The third-order valence-electron chi connectivity index (χ3n) is 1.76. The van der Waals surface area contributed by atoms with Gasteiger partial charge in [-0.05, 0) is 43.6 Å². The summed E-state index contributed by atoms with van der Waals surface area (Å²) < 4.78 is 18.4. The molecule has 0 spiro atoms. The SMILES string of the molecule is Cc1nc(Br)c(F)cc1NC(=O)OC(C)(C)C. The summed E-state index contributed by atoms with van der Waals surface area (Å²) >= 11 is 2.97. The molecule has 0 unspecified atom stereocenters. The van der Waals surface area contributed by atoms with Crippen molar-refractivity contribution in [3.63, 3.8) is 0 Å². The van der Waals surface area contributed by atoms with Crippen molar-refractivity contribution < 1.29 is 13.9 Å². The first-order valence-electron chi connectivity index (χ1n) is 5.01. The van der Waals surface area contributed by atoms with E-state index >= 15 is 0 Å². The minimum Gasteiger partial charge on any atom is -0.444 e. The van der Waals surface area contributed by atoms with E-state index in [1.807, 2.05) is 0 Å². The molecule has 1 aromatic heterocycles. The fourth-order valence-corrected chi connectivity index (χ4v) is 1.47. The van der Waals surface area contributed by atoms with Gasteiger partial charge in [0.05, 0.1) is 11.4 Å². The molecule has 0 aromatic carbocycles. The lowest BCUT2D eigenvalue weighted by Crippen LogP contribution is -2.27. The van der Waals surface area contributed by atoms with Gasteiger partial charge in [0.25, 0.3) is 0 Å². The number of aromatic nitrogens is 1. The number of halogens is 2. The lowest BCUT2D eigenvalue weighted by molar-refractivity contribution is 0.0635. The number of amides is 1. The number of carbonyl (C=O) groups is 1. The number of aryl methyl sites for hydroxylation is 1. The highest BCUT2D eigenvalue weighted by atomic mass is 79.9. The van der Waals surface area contributed by atoms with E-state index in [0.29, 0.717) is 11.4 Å². The van der Waals surface area contributed by atoms with Crippen LogP contribution >= 0.6 is 15.9 Å². The number of nitrogens with one attached hydrogen (secondary N) is 1. The van der Waals surface area contributed by atoms with Crippen LogP contribution in [0.3, 0.4) is 0 Å². The third kappa shape index (κ3) is 4.30. The van der Waals surface area contributed by atoms with E-state index in [4.69, 9.17) is 4.74 Å². The summed E-state index contributed by atoms with van der Waals surface area (Å²) in [5.41, 5.74) is 0.198. The Hall–Kier alpha value is -1.17. The minimum atomic E-state index is -0.635. The first-order chi connectivity index (χ1) is 7.69. The summed E-state index contributed by atoms with van der Waals surface area (Å²) in [5, 5.41) is 2.45. The van der Waals surface area contributed by atoms with Crippen molar-refractivity contribution in [2.24, 2.45) is 0 Å². The average molecular weight is 305 g/mol. The van der Waals surface area contributed by atoms with Crippen LogP contribution in [-0.4, -0.2) is 16.7 Å². The summed E-state index contributed by atoms with van der Waals surface area (Å²) in [5.74, 6) is -0.540. The van der Waals surface area contributed by atoms with Crippen molar-refractivity contribution in [3.05, 3.63) is 22.2 Å². The Bertz CT molecular complexity index is 444. The second-order valence-corrected chi connectivity index (χ2v) is 5.27. The number of nitrogens with zero attached hydrogens (tertiary/aromatic N) is 1. The van der Waals surface area contributed by atoms with E-state index in [9.17, 15) is 9.18 Å².